The Morgan fingerprint density at radius 3 is 1.54 bits per heavy atom. The molecule has 0 amide bonds. The van der Waals surface area contributed by atoms with Crippen molar-refractivity contribution in [3.8, 4) is 0 Å². The number of hydrogen-bond acceptors (Lipinski definition) is 1. The number of nitrogens with zero attached hydrogens (tertiary/aromatic N) is 1. The first-order chi connectivity index (χ1) is 12.8. The van der Waals surface area contributed by atoms with Crippen LogP contribution in [0.4, 0.5) is 0 Å². The van der Waals surface area contributed by atoms with Gasteiger partial charge in [-0.1, -0.05) is 104 Å². The van der Waals surface area contributed by atoms with E-state index < -0.39 is 0 Å². The summed E-state index contributed by atoms with van der Waals surface area (Å²) in [5.74, 6) is 0. The predicted octanol–water partition coefficient (Wildman–Crippen LogP) is 6.34. The fourth-order valence-corrected chi connectivity index (χ4v) is 4.70. The second kappa shape index (κ2) is 15.7. The summed E-state index contributed by atoms with van der Waals surface area (Å²) in [5.41, 5.74) is 0.469. The van der Waals surface area contributed by atoms with Crippen molar-refractivity contribution >= 4 is 6.34 Å². The molecular weight excluding hydrogens is 316 g/mol. The monoisotopic (exact) mass is 365 g/mol. The second-order valence-electron chi connectivity index (χ2n) is 8.64. The molecule has 26 heavy (non-hydrogen) atoms. The summed E-state index contributed by atoms with van der Waals surface area (Å²) >= 11 is 0. The third-order valence-corrected chi connectivity index (χ3v) is 6.80. The molecule has 1 heterocycles. The Kier molecular flexibility index (Phi) is 14.3. The molecule has 0 saturated carbocycles. The molecule has 0 radical (unpaired) electrons. The maximum atomic E-state index is 4.48. The molecule has 0 aromatic rings. The molecule has 2 nitrogen and oxygen atoms in total. The second-order valence-corrected chi connectivity index (χ2v) is 8.64. The maximum absolute atomic E-state index is 4.48. The highest BCUT2D eigenvalue weighted by molar-refractivity contribution is 5.45. The van der Waals surface area contributed by atoms with Crippen LogP contribution in [0, 0.1) is 0 Å². The van der Waals surface area contributed by atoms with Crippen molar-refractivity contribution < 1.29 is 4.90 Å². The fourth-order valence-electron chi connectivity index (χ4n) is 4.70. The fraction of sp³-hybridized carbons (Fsp3) is 0.958. The number of aliphatic imine (C=N–C) groups is 1. The van der Waals surface area contributed by atoms with Crippen molar-refractivity contribution in [3.63, 3.8) is 0 Å². The van der Waals surface area contributed by atoms with Gasteiger partial charge >= 0.3 is 0 Å². The van der Waals surface area contributed by atoms with Gasteiger partial charge in [0, 0.05) is 6.42 Å². The molecule has 1 rings (SSSR count). The number of quaternary nitrogens is 1. The number of hydrogen-bond donors (Lipinski definition) is 1. The average Bonchev–Trinajstić information content (AvgIpc) is 3.21. The minimum Gasteiger partial charge on any atom is -0.286 e. The van der Waals surface area contributed by atoms with Crippen LogP contribution in [-0.2, 0) is 0 Å². The Hall–Kier alpha value is -0.370. The minimum absolute atomic E-state index is 0.469. The van der Waals surface area contributed by atoms with E-state index in [0.29, 0.717) is 5.54 Å². The van der Waals surface area contributed by atoms with Crippen molar-refractivity contribution in [2.45, 2.75) is 135 Å². The molecule has 1 aliphatic heterocycles. The lowest BCUT2D eigenvalue weighted by atomic mass is 9.85. The van der Waals surface area contributed by atoms with E-state index in [-0.39, 0.29) is 0 Å². The smallest absolute Gasteiger partial charge is 0.184 e. The molecule has 154 valence electrons. The van der Waals surface area contributed by atoms with Crippen molar-refractivity contribution in [1.29, 1.82) is 0 Å². The lowest BCUT2D eigenvalue weighted by molar-refractivity contribution is -0.855. The number of rotatable bonds is 18. The van der Waals surface area contributed by atoms with E-state index in [1.807, 2.05) is 0 Å². The third kappa shape index (κ3) is 9.53. The Labute approximate surface area is 165 Å². The first-order valence-electron chi connectivity index (χ1n) is 12.1. The number of nitrogens with one attached hydrogen (secondary N) is 1. The van der Waals surface area contributed by atoms with Crippen molar-refractivity contribution in [2.24, 2.45) is 4.99 Å². The van der Waals surface area contributed by atoms with E-state index in [2.05, 4.69) is 32.1 Å². The molecule has 1 N–H and O–H groups in total. The third-order valence-electron chi connectivity index (χ3n) is 6.80. The molecule has 0 bridgehead atoms. The highest BCUT2D eigenvalue weighted by Gasteiger charge is 2.37. The van der Waals surface area contributed by atoms with E-state index in [1.165, 1.54) is 116 Å². The predicted molar refractivity (Wildman–Crippen MR) is 117 cm³/mol. The Morgan fingerprint density at radius 1 is 0.692 bits per heavy atom. The van der Waals surface area contributed by atoms with E-state index >= 15 is 0 Å². The first-order valence-corrected chi connectivity index (χ1v) is 12.1. The molecule has 2 heteroatoms. The van der Waals surface area contributed by atoms with Gasteiger partial charge in [-0.25, -0.2) is 4.99 Å². The maximum Gasteiger partial charge on any atom is 0.184 e. The summed E-state index contributed by atoms with van der Waals surface area (Å²) in [6, 6.07) is 0. The van der Waals surface area contributed by atoms with Gasteiger partial charge in [0.15, 0.2) is 6.34 Å². The molecule has 1 unspecified atom stereocenters. The zero-order valence-electron chi connectivity index (χ0n) is 18.5. The van der Waals surface area contributed by atoms with E-state index in [1.54, 1.807) is 4.90 Å². The molecule has 0 aromatic carbocycles. The lowest BCUT2D eigenvalue weighted by Gasteiger charge is -2.35. The van der Waals surface area contributed by atoms with Crippen molar-refractivity contribution in [1.82, 2.24) is 0 Å². The van der Waals surface area contributed by atoms with Crippen LogP contribution in [0.2, 0.25) is 0 Å². The SMILES string of the molecule is CCCCCCCCCCCCCCCCC(CC)(CC)[NH+]1C=NCC1. The molecule has 1 atom stereocenters. The molecule has 0 aliphatic carbocycles. The van der Waals surface area contributed by atoms with Gasteiger partial charge in [-0.3, -0.25) is 4.90 Å². The minimum atomic E-state index is 0.469. The van der Waals surface area contributed by atoms with Crippen LogP contribution in [0.15, 0.2) is 4.99 Å². The van der Waals surface area contributed by atoms with Gasteiger partial charge in [-0.05, 0) is 19.3 Å². The van der Waals surface area contributed by atoms with Gasteiger partial charge < -0.3 is 0 Å². The van der Waals surface area contributed by atoms with Gasteiger partial charge in [0.2, 0.25) is 0 Å². The van der Waals surface area contributed by atoms with Crippen LogP contribution >= 0.6 is 0 Å². The van der Waals surface area contributed by atoms with Gasteiger partial charge in [0.05, 0.1) is 6.54 Å². The Morgan fingerprint density at radius 2 is 1.15 bits per heavy atom. The van der Waals surface area contributed by atoms with Gasteiger partial charge in [0.25, 0.3) is 0 Å². The van der Waals surface area contributed by atoms with Crippen LogP contribution in [0.1, 0.15) is 130 Å². The summed E-state index contributed by atoms with van der Waals surface area (Å²) in [4.78, 5) is 6.13. The first kappa shape index (κ1) is 23.7. The topological polar surface area (TPSA) is 16.8 Å². The molecule has 0 spiro atoms. The Bertz CT molecular complexity index is 333. The quantitative estimate of drug-likeness (QED) is 0.273. The summed E-state index contributed by atoms with van der Waals surface area (Å²) in [6.07, 6.45) is 26.5. The normalized spacial score (nSPS) is 17.3. The van der Waals surface area contributed by atoms with Gasteiger partial charge in [0.1, 0.15) is 12.1 Å². The lowest BCUT2D eigenvalue weighted by Crippen LogP contribution is -3.18. The highest BCUT2D eigenvalue weighted by atomic mass is 15.3. The van der Waals surface area contributed by atoms with Crippen LogP contribution < -0.4 is 4.90 Å². The molecule has 0 fully saturated rings. The average molecular weight is 366 g/mol. The molecule has 0 aromatic heterocycles. The highest BCUT2D eigenvalue weighted by Crippen LogP contribution is 2.21. The summed E-state index contributed by atoms with van der Waals surface area (Å²) < 4.78 is 0. The van der Waals surface area contributed by atoms with Crippen molar-refractivity contribution in [3.05, 3.63) is 0 Å². The van der Waals surface area contributed by atoms with Gasteiger partial charge in [-0.15, -0.1) is 0 Å². The zero-order valence-corrected chi connectivity index (χ0v) is 18.5. The largest absolute Gasteiger partial charge is 0.286 e. The number of unbranched alkanes of at least 4 members (excludes halogenated alkanes) is 13. The summed E-state index contributed by atoms with van der Waals surface area (Å²) in [6.45, 7) is 9.32. The molecule has 1 aliphatic rings. The van der Waals surface area contributed by atoms with E-state index in [0.717, 1.165) is 6.54 Å². The van der Waals surface area contributed by atoms with E-state index in [4.69, 9.17) is 0 Å². The van der Waals surface area contributed by atoms with Crippen LogP contribution in [0.3, 0.4) is 0 Å². The summed E-state index contributed by atoms with van der Waals surface area (Å²) in [7, 11) is 0. The van der Waals surface area contributed by atoms with Crippen molar-refractivity contribution in [2.75, 3.05) is 13.1 Å². The standard InChI is InChI=1S/C24H48N2/c1-4-7-8-9-10-11-12-13-14-15-16-17-18-19-20-24(5-2,6-3)26-22-21-25-23-26/h23H,4-22H2,1-3H3/p+1. The van der Waals surface area contributed by atoms with Crippen LogP contribution in [0.5, 0.6) is 0 Å². The molecule has 0 saturated heterocycles. The zero-order chi connectivity index (χ0) is 18.9. The van der Waals surface area contributed by atoms with Crippen LogP contribution in [0.25, 0.3) is 0 Å². The van der Waals surface area contributed by atoms with Crippen LogP contribution in [-0.4, -0.2) is 25.0 Å². The Balaban J connectivity index is 1.93. The summed E-state index contributed by atoms with van der Waals surface area (Å²) in [5, 5.41) is 0. The van der Waals surface area contributed by atoms with Gasteiger partial charge in [-0.2, -0.15) is 0 Å². The van der Waals surface area contributed by atoms with E-state index in [9.17, 15) is 0 Å². The molecular formula is C24H49N2+.